The maximum atomic E-state index is 4.43. The van der Waals surface area contributed by atoms with Gasteiger partial charge in [-0.05, 0) is 174 Å². The van der Waals surface area contributed by atoms with Gasteiger partial charge in [0.05, 0.1) is 11.7 Å². The molecular weight excluding hydrogens is 833 g/mol. The number of nitrogens with zero attached hydrogens (tertiary/aromatic N) is 2. The van der Waals surface area contributed by atoms with Crippen LogP contribution in [0.15, 0.2) is 243 Å². The van der Waals surface area contributed by atoms with E-state index in [-0.39, 0.29) is 6.04 Å². The van der Waals surface area contributed by atoms with Crippen molar-refractivity contribution < 1.29 is 0 Å². The van der Waals surface area contributed by atoms with Crippen LogP contribution >= 0.6 is 0 Å². The first-order valence-corrected chi connectivity index (χ1v) is 25.1. The molecule has 69 heavy (non-hydrogen) atoms. The maximum absolute atomic E-state index is 4.43. The number of rotatable bonds is 13. The van der Waals surface area contributed by atoms with Crippen LogP contribution in [0.25, 0.3) is 44.5 Å². The minimum Gasteiger partial charge on any atom is -0.334 e. The van der Waals surface area contributed by atoms with Crippen molar-refractivity contribution in [1.82, 2.24) is 0 Å². The number of fused-ring (bicyclic) bond motifs is 4. The zero-order chi connectivity index (χ0) is 47.7. The van der Waals surface area contributed by atoms with E-state index in [2.05, 4.69) is 257 Å². The number of benzene rings is 6. The summed E-state index contributed by atoms with van der Waals surface area (Å²) in [5.74, 6) is 0.636. The van der Waals surface area contributed by atoms with Crippen molar-refractivity contribution >= 4 is 28.2 Å². The first-order chi connectivity index (χ1) is 33.9. The van der Waals surface area contributed by atoms with Crippen LogP contribution in [0, 0.1) is 5.92 Å². The molecular formula is C67H66N2. The molecule has 2 nitrogen and oxygen atoms in total. The molecule has 2 bridgehead atoms. The van der Waals surface area contributed by atoms with Crippen LogP contribution in [0.3, 0.4) is 0 Å². The molecule has 0 saturated heterocycles. The van der Waals surface area contributed by atoms with Gasteiger partial charge in [0, 0.05) is 34.3 Å². The van der Waals surface area contributed by atoms with Gasteiger partial charge in [0.2, 0.25) is 0 Å². The first-order valence-electron chi connectivity index (χ1n) is 25.1. The SMILES string of the molecule is C=CC(=C)c1ccccc1N(C1=C(C(C)/C=C\C)CC=CCC1)c1ccc(-c2cc(-c3ccccc3)cc(-c3ccc(N4C(/C=C\CC)=C(/C)c5ccccc5C5/C=C\C/C=C\C4C5)cc3)c2)cc1. The Balaban J connectivity index is 1.14. The number of para-hydroxylation sites is 1. The predicted octanol–water partition coefficient (Wildman–Crippen LogP) is 18.8. The lowest BCUT2D eigenvalue weighted by molar-refractivity contribution is 0.627. The summed E-state index contributed by atoms with van der Waals surface area (Å²) in [6.45, 7) is 17.5. The van der Waals surface area contributed by atoms with E-state index in [4.69, 9.17) is 0 Å². The molecule has 344 valence electrons. The van der Waals surface area contributed by atoms with Crippen LogP contribution in [0.1, 0.15) is 88.8 Å². The van der Waals surface area contributed by atoms with E-state index in [1.807, 2.05) is 6.08 Å². The van der Waals surface area contributed by atoms with Gasteiger partial charge in [-0.3, -0.25) is 0 Å². The van der Waals surface area contributed by atoms with Crippen molar-refractivity contribution in [2.45, 2.75) is 78.2 Å². The minimum atomic E-state index is 0.200. The average molecular weight is 899 g/mol. The summed E-state index contributed by atoms with van der Waals surface area (Å²) in [6.07, 6.45) is 31.1. The highest BCUT2D eigenvalue weighted by atomic mass is 15.2. The smallest absolute Gasteiger partial charge is 0.0536 e. The summed E-state index contributed by atoms with van der Waals surface area (Å²) in [7, 11) is 0. The van der Waals surface area contributed by atoms with Gasteiger partial charge in [0.25, 0.3) is 0 Å². The van der Waals surface area contributed by atoms with Gasteiger partial charge in [-0.25, -0.2) is 0 Å². The molecule has 3 atom stereocenters. The Morgan fingerprint density at radius 3 is 2.10 bits per heavy atom. The summed E-state index contributed by atoms with van der Waals surface area (Å²) in [4.78, 5) is 5.09. The van der Waals surface area contributed by atoms with Crippen LogP contribution in [0.4, 0.5) is 17.1 Å². The van der Waals surface area contributed by atoms with Crippen molar-refractivity contribution in [3.8, 4) is 33.4 Å². The van der Waals surface area contributed by atoms with Crippen molar-refractivity contribution in [1.29, 1.82) is 0 Å². The number of allylic oxidation sites excluding steroid dienone is 14. The van der Waals surface area contributed by atoms with Gasteiger partial charge in [0.1, 0.15) is 0 Å². The summed E-state index contributed by atoms with van der Waals surface area (Å²) < 4.78 is 0. The molecule has 1 heterocycles. The average Bonchev–Trinajstić information content (AvgIpc) is 3.64. The van der Waals surface area contributed by atoms with Gasteiger partial charge < -0.3 is 9.80 Å². The highest BCUT2D eigenvalue weighted by Gasteiger charge is 2.30. The third-order valence-electron chi connectivity index (χ3n) is 14.2. The topological polar surface area (TPSA) is 6.48 Å². The molecule has 0 amide bonds. The normalized spacial score (nSPS) is 19.5. The Morgan fingerprint density at radius 2 is 1.39 bits per heavy atom. The van der Waals surface area contributed by atoms with Gasteiger partial charge in [-0.15, -0.1) is 0 Å². The molecule has 0 aromatic heterocycles. The third-order valence-corrected chi connectivity index (χ3v) is 14.2. The third kappa shape index (κ3) is 10.1. The van der Waals surface area contributed by atoms with Gasteiger partial charge >= 0.3 is 0 Å². The second-order valence-electron chi connectivity index (χ2n) is 18.6. The van der Waals surface area contributed by atoms with Crippen molar-refractivity contribution in [3.63, 3.8) is 0 Å². The van der Waals surface area contributed by atoms with E-state index in [0.717, 1.165) is 61.0 Å². The molecule has 2 aliphatic carbocycles. The summed E-state index contributed by atoms with van der Waals surface area (Å²) >= 11 is 0. The molecule has 3 unspecified atom stereocenters. The molecule has 0 fully saturated rings. The monoisotopic (exact) mass is 899 g/mol. The summed E-state index contributed by atoms with van der Waals surface area (Å²) in [6, 6.07) is 54.3. The second kappa shape index (κ2) is 21.7. The van der Waals surface area contributed by atoms with Crippen LogP contribution < -0.4 is 9.80 Å². The number of hydrogen-bond donors (Lipinski definition) is 0. The van der Waals surface area contributed by atoms with Crippen molar-refractivity contribution in [3.05, 3.63) is 259 Å². The van der Waals surface area contributed by atoms with E-state index in [1.54, 1.807) is 0 Å². The van der Waals surface area contributed by atoms with Crippen LogP contribution in [-0.4, -0.2) is 6.04 Å². The number of hydrogen-bond acceptors (Lipinski definition) is 2. The van der Waals surface area contributed by atoms with Crippen LogP contribution in [-0.2, 0) is 0 Å². The molecule has 0 saturated carbocycles. The Morgan fingerprint density at radius 1 is 0.739 bits per heavy atom. The highest BCUT2D eigenvalue weighted by Crippen LogP contribution is 2.44. The Labute approximate surface area is 412 Å². The van der Waals surface area contributed by atoms with Crippen LogP contribution in [0.2, 0.25) is 0 Å². The van der Waals surface area contributed by atoms with Crippen molar-refractivity contribution in [2.24, 2.45) is 5.92 Å². The van der Waals surface area contributed by atoms with Gasteiger partial charge in [-0.1, -0.05) is 185 Å². The zero-order valence-corrected chi connectivity index (χ0v) is 41.0. The molecule has 9 rings (SSSR count). The van der Waals surface area contributed by atoms with Crippen molar-refractivity contribution in [2.75, 3.05) is 9.80 Å². The van der Waals surface area contributed by atoms with Gasteiger partial charge in [0.15, 0.2) is 0 Å². The van der Waals surface area contributed by atoms with Crippen LogP contribution in [0.5, 0.6) is 0 Å². The summed E-state index contributed by atoms with van der Waals surface area (Å²) in [5.41, 5.74) is 20.7. The molecule has 0 N–H and O–H groups in total. The fourth-order valence-electron chi connectivity index (χ4n) is 10.6. The zero-order valence-electron chi connectivity index (χ0n) is 41.0. The standard InChI is InChI=1S/C67H66N2/c1-7-10-33-65-50(6)63-31-20-21-32-64(63)54-27-16-12-17-28-60(47-54)68(65)58-40-36-52(37-41-58)56-44-55(51-25-14-11-15-26-51)45-57(46-56)53-38-42-59(43-39-53)69(66-35-23-22-30-61(66)48(4)9-3)67-34-19-13-18-29-62(67)49(5)24-8-2/h8-11,13-18,20-28,30-33,35-46,49,54,60H,3-4,7,12,19,29,34,47H2,1-2,5-6H3/b24-8-,27-16-,28-17-,33-10-,65-50-. The first kappa shape index (κ1) is 46.7. The second-order valence-corrected chi connectivity index (χ2v) is 18.6. The fraction of sp³-hybridized carbons (Fsp3) is 0.194. The lowest BCUT2D eigenvalue weighted by Crippen LogP contribution is -2.36. The Kier molecular flexibility index (Phi) is 14.7. The van der Waals surface area contributed by atoms with E-state index >= 15 is 0 Å². The Hall–Kier alpha value is -7.42. The quantitative estimate of drug-likeness (QED) is 0.0842. The lowest BCUT2D eigenvalue weighted by atomic mass is 9.82. The van der Waals surface area contributed by atoms with E-state index < -0.39 is 0 Å². The fourth-order valence-corrected chi connectivity index (χ4v) is 10.6. The molecule has 6 aromatic carbocycles. The van der Waals surface area contributed by atoms with Gasteiger partial charge in [-0.2, -0.15) is 0 Å². The highest BCUT2D eigenvalue weighted by molar-refractivity contribution is 5.87. The molecule has 2 heteroatoms. The molecule has 1 aliphatic heterocycles. The van der Waals surface area contributed by atoms with E-state index in [1.165, 1.54) is 72.7 Å². The lowest BCUT2D eigenvalue weighted by Gasteiger charge is -2.39. The summed E-state index contributed by atoms with van der Waals surface area (Å²) in [5, 5.41) is 0. The van der Waals surface area contributed by atoms with E-state index in [9.17, 15) is 0 Å². The molecule has 0 spiro atoms. The Bertz CT molecular complexity index is 3020. The molecule has 6 aromatic rings. The maximum Gasteiger partial charge on any atom is 0.0536 e. The predicted molar refractivity (Wildman–Crippen MR) is 300 cm³/mol. The largest absolute Gasteiger partial charge is 0.334 e. The minimum absolute atomic E-state index is 0.200. The molecule has 0 radical (unpaired) electrons. The van der Waals surface area contributed by atoms with E-state index in [0.29, 0.717) is 11.8 Å². The molecule has 3 aliphatic rings. The number of anilines is 3.